The summed E-state index contributed by atoms with van der Waals surface area (Å²) in [5.74, 6) is -4.07. The summed E-state index contributed by atoms with van der Waals surface area (Å²) in [6, 6.07) is 8.45. The molecule has 240 valence electrons. The average Bonchev–Trinajstić information content (AvgIpc) is 3.34. The highest BCUT2D eigenvalue weighted by molar-refractivity contribution is 6.06. The number of fused-ring (bicyclic) bond motifs is 1. The Morgan fingerprint density at radius 2 is 1.80 bits per heavy atom. The number of hydrogen-bond acceptors (Lipinski definition) is 8. The molecule has 0 bridgehead atoms. The SMILES string of the molecule is O=C1CCC(N2Cc3ccc(COC(=O)Nc4ccc(Oc5cc(F)cc(F)c5)cc4F)c(O[C@@H]4CCCOC4)c3C2=O)C(=O)N1. The highest BCUT2D eigenvalue weighted by Crippen LogP contribution is 2.38. The van der Waals surface area contributed by atoms with Gasteiger partial charge in [-0.25, -0.2) is 18.0 Å². The largest absolute Gasteiger partial charge is 0.487 e. The third-order valence-corrected chi connectivity index (χ3v) is 7.74. The highest BCUT2D eigenvalue weighted by atomic mass is 19.1. The molecule has 0 radical (unpaired) electrons. The molecule has 3 aromatic carbocycles. The minimum atomic E-state index is -1.01. The minimum Gasteiger partial charge on any atom is -0.487 e. The summed E-state index contributed by atoms with van der Waals surface area (Å²) in [4.78, 5) is 51.9. The molecule has 0 spiro atoms. The van der Waals surface area contributed by atoms with Crippen molar-refractivity contribution in [2.75, 3.05) is 18.5 Å². The maximum absolute atomic E-state index is 14.8. The van der Waals surface area contributed by atoms with Crippen LogP contribution in [0.1, 0.15) is 47.2 Å². The summed E-state index contributed by atoms with van der Waals surface area (Å²) >= 11 is 0. The molecular weight excluding hydrogens is 611 g/mol. The van der Waals surface area contributed by atoms with Crippen LogP contribution >= 0.6 is 0 Å². The molecule has 3 aliphatic heterocycles. The number of imide groups is 1. The summed E-state index contributed by atoms with van der Waals surface area (Å²) in [7, 11) is 0. The van der Waals surface area contributed by atoms with Crippen LogP contribution in [0.3, 0.4) is 0 Å². The number of carbonyl (C=O) groups excluding carboxylic acids is 4. The maximum Gasteiger partial charge on any atom is 0.412 e. The van der Waals surface area contributed by atoms with Crippen molar-refractivity contribution in [1.29, 1.82) is 0 Å². The summed E-state index contributed by atoms with van der Waals surface area (Å²) in [5.41, 5.74) is 0.962. The Bertz CT molecular complexity index is 1690. The van der Waals surface area contributed by atoms with Crippen LogP contribution in [-0.4, -0.2) is 54.1 Å². The van der Waals surface area contributed by atoms with Gasteiger partial charge in [0, 0.05) is 49.4 Å². The topological polar surface area (TPSA) is 132 Å². The number of hydrogen-bond donors (Lipinski definition) is 2. The molecule has 4 amide bonds. The van der Waals surface area contributed by atoms with E-state index in [9.17, 15) is 32.3 Å². The number of carbonyl (C=O) groups is 4. The van der Waals surface area contributed by atoms with Crippen molar-refractivity contribution in [2.45, 2.75) is 51.0 Å². The predicted molar refractivity (Wildman–Crippen MR) is 154 cm³/mol. The van der Waals surface area contributed by atoms with E-state index in [1.807, 2.05) is 0 Å². The first-order chi connectivity index (χ1) is 22.1. The van der Waals surface area contributed by atoms with Crippen LogP contribution in [0.4, 0.5) is 23.7 Å². The molecule has 0 saturated carbocycles. The molecule has 3 aliphatic rings. The molecule has 3 aromatic rings. The van der Waals surface area contributed by atoms with Crippen molar-refractivity contribution in [3.63, 3.8) is 0 Å². The molecule has 2 fully saturated rings. The molecule has 46 heavy (non-hydrogen) atoms. The summed E-state index contributed by atoms with van der Waals surface area (Å²) in [5, 5.41) is 4.57. The average molecular weight is 640 g/mol. The van der Waals surface area contributed by atoms with Crippen LogP contribution in [0, 0.1) is 17.5 Å². The fraction of sp³-hybridized carbons (Fsp3) is 0.312. The van der Waals surface area contributed by atoms with Crippen molar-refractivity contribution in [3.8, 4) is 17.2 Å². The molecule has 1 unspecified atom stereocenters. The third-order valence-electron chi connectivity index (χ3n) is 7.74. The molecule has 2 N–H and O–H groups in total. The Labute approximate surface area is 260 Å². The number of anilines is 1. The molecule has 6 rings (SSSR count). The lowest BCUT2D eigenvalue weighted by Gasteiger charge is -2.29. The molecule has 11 nitrogen and oxygen atoms in total. The fourth-order valence-electron chi connectivity index (χ4n) is 5.56. The Morgan fingerprint density at radius 3 is 2.52 bits per heavy atom. The molecule has 0 aromatic heterocycles. The summed E-state index contributed by atoms with van der Waals surface area (Å²) < 4.78 is 64.1. The van der Waals surface area contributed by atoms with Crippen LogP contribution in [0.2, 0.25) is 0 Å². The predicted octanol–water partition coefficient (Wildman–Crippen LogP) is 4.96. The zero-order chi connectivity index (χ0) is 32.4. The molecule has 0 aliphatic carbocycles. The molecule has 2 atom stereocenters. The highest BCUT2D eigenvalue weighted by Gasteiger charge is 2.41. The smallest absolute Gasteiger partial charge is 0.412 e. The van der Waals surface area contributed by atoms with Gasteiger partial charge in [0.2, 0.25) is 11.8 Å². The van der Waals surface area contributed by atoms with Gasteiger partial charge in [-0.3, -0.25) is 25.0 Å². The maximum atomic E-state index is 14.8. The number of halogens is 3. The monoisotopic (exact) mass is 639 g/mol. The summed E-state index contributed by atoms with van der Waals surface area (Å²) in [6.07, 6.45) is 0.339. The first-order valence-corrected chi connectivity index (χ1v) is 14.6. The van der Waals surface area contributed by atoms with E-state index < -0.39 is 47.3 Å². The second kappa shape index (κ2) is 13.1. The van der Waals surface area contributed by atoms with Gasteiger partial charge in [-0.1, -0.05) is 12.1 Å². The van der Waals surface area contributed by atoms with E-state index in [-0.39, 0.29) is 60.6 Å². The number of nitrogens with zero attached hydrogens (tertiary/aromatic N) is 1. The molecule has 3 heterocycles. The van der Waals surface area contributed by atoms with Gasteiger partial charge in [0.1, 0.15) is 47.6 Å². The standard InChI is InChI=1S/C32H28F3N3O8/c33-19-10-20(34)12-23(11-19)45-21-5-6-25(24(35)13-21)36-32(42)44-15-18-4-3-17-14-38(26-7-8-27(39)37-30(26)40)31(41)28(17)29(18)46-22-2-1-9-43-16-22/h3-6,10-13,22,26H,1-2,7-9,14-16H2,(H,36,42)(H,37,39,40)/t22-,26?/m1/s1. The second-order valence-corrected chi connectivity index (χ2v) is 11.0. The quantitative estimate of drug-likeness (QED) is 0.331. The van der Waals surface area contributed by atoms with Crippen molar-refractivity contribution >= 4 is 29.5 Å². The van der Waals surface area contributed by atoms with Crippen LogP contribution in [0.15, 0.2) is 48.5 Å². The van der Waals surface area contributed by atoms with E-state index in [0.717, 1.165) is 24.6 Å². The van der Waals surface area contributed by atoms with Gasteiger partial charge in [0.05, 0.1) is 17.9 Å². The van der Waals surface area contributed by atoms with E-state index in [2.05, 4.69) is 10.6 Å². The van der Waals surface area contributed by atoms with E-state index in [1.54, 1.807) is 12.1 Å². The number of nitrogens with one attached hydrogen (secondary N) is 2. The fourth-order valence-corrected chi connectivity index (χ4v) is 5.56. The van der Waals surface area contributed by atoms with Gasteiger partial charge in [0.25, 0.3) is 5.91 Å². The zero-order valence-electron chi connectivity index (χ0n) is 24.3. The lowest BCUT2D eigenvalue weighted by molar-refractivity contribution is -0.136. The van der Waals surface area contributed by atoms with E-state index in [4.69, 9.17) is 18.9 Å². The van der Waals surface area contributed by atoms with Gasteiger partial charge < -0.3 is 23.8 Å². The van der Waals surface area contributed by atoms with Crippen LogP contribution in [0.25, 0.3) is 0 Å². The van der Waals surface area contributed by atoms with Crippen molar-refractivity contribution in [2.24, 2.45) is 0 Å². The number of benzene rings is 3. The Morgan fingerprint density at radius 1 is 1.00 bits per heavy atom. The lowest BCUT2D eigenvalue weighted by atomic mass is 10.0. The molecular formula is C32H28F3N3O8. The zero-order valence-corrected chi connectivity index (χ0v) is 24.3. The van der Waals surface area contributed by atoms with Gasteiger partial charge in [-0.15, -0.1) is 0 Å². The Balaban J connectivity index is 1.16. The minimum absolute atomic E-state index is 0.0657. The van der Waals surface area contributed by atoms with Crippen molar-refractivity contribution in [3.05, 3.63) is 82.7 Å². The van der Waals surface area contributed by atoms with Crippen molar-refractivity contribution in [1.82, 2.24) is 10.2 Å². The van der Waals surface area contributed by atoms with E-state index >= 15 is 0 Å². The van der Waals surface area contributed by atoms with Crippen LogP contribution in [0.5, 0.6) is 17.2 Å². The number of amides is 4. The van der Waals surface area contributed by atoms with Gasteiger partial charge in [0.15, 0.2) is 5.82 Å². The van der Waals surface area contributed by atoms with E-state index in [1.165, 1.54) is 17.0 Å². The molecule has 14 heteroatoms. The second-order valence-electron chi connectivity index (χ2n) is 11.0. The van der Waals surface area contributed by atoms with Gasteiger partial charge in [-0.2, -0.15) is 0 Å². The number of piperidine rings is 1. The first-order valence-electron chi connectivity index (χ1n) is 14.6. The lowest BCUT2D eigenvalue weighted by Crippen LogP contribution is -2.52. The van der Waals surface area contributed by atoms with Crippen LogP contribution in [-0.2, 0) is 32.2 Å². The molecule has 2 saturated heterocycles. The summed E-state index contributed by atoms with van der Waals surface area (Å²) in [6.45, 7) is 0.662. The van der Waals surface area contributed by atoms with E-state index in [0.29, 0.717) is 36.8 Å². The van der Waals surface area contributed by atoms with Crippen molar-refractivity contribution < 1.29 is 51.3 Å². The number of rotatable bonds is 8. The Kier molecular flexibility index (Phi) is 8.79. The number of ether oxygens (including phenoxy) is 4. The van der Waals surface area contributed by atoms with Gasteiger partial charge >= 0.3 is 6.09 Å². The Hall–Kier alpha value is -5.11. The third kappa shape index (κ3) is 6.76. The van der Waals surface area contributed by atoms with Crippen LogP contribution < -0.4 is 20.1 Å². The van der Waals surface area contributed by atoms with Gasteiger partial charge in [-0.05, 0) is 37.0 Å². The first kappa shape index (κ1) is 30.9. The normalized spacial score (nSPS) is 19.4.